The first-order chi connectivity index (χ1) is 13.4. The van der Waals surface area contributed by atoms with Gasteiger partial charge in [-0.3, -0.25) is 14.5 Å². The number of halogens is 1. The molecule has 1 aliphatic heterocycles. The lowest BCUT2D eigenvalue weighted by Crippen LogP contribution is -2.53. The number of rotatable bonds is 5. The van der Waals surface area contributed by atoms with E-state index in [1.807, 2.05) is 18.2 Å². The monoisotopic (exact) mass is 402 g/mol. The zero-order valence-corrected chi connectivity index (χ0v) is 17.3. The molecular formula is C21H27ClN4O2. The maximum absolute atomic E-state index is 12.9. The molecule has 0 bridgehead atoms. The standard InChI is InChI=1S/C21H27ClN4O2/c1-24(14-19(27)25(2)21(15-23)11-6-3-7-12-21)18-10-13-26(20(18)28)17-9-5-4-8-16(17)22/h4-5,8-9,18H,3,6-7,10-14H2,1-2H3. The molecule has 1 saturated heterocycles. The number of amides is 2. The third-order valence-electron chi connectivity index (χ3n) is 6.14. The highest BCUT2D eigenvalue weighted by Crippen LogP contribution is 2.33. The second kappa shape index (κ2) is 8.50. The van der Waals surface area contributed by atoms with Gasteiger partial charge >= 0.3 is 0 Å². The lowest BCUT2D eigenvalue weighted by Gasteiger charge is -2.40. The van der Waals surface area contributed by atoms with Crippen molar-refractivity contribution in [3.63, 3.8) is 0 Å². The summed E-state index contributed by atoms with van der Waals surface area (Å²) in [6.07, 6.45) is 5.13. The molecule has 150 valence electrons. The second-order valence-electron chi connectivity index (χ2n) is 7.82. The van der Waals surface area contributed by atoms with Crippen LogP contribution in [-0.4, -0.2) is 60.4 Å². The van der Waals surface area contributed by atoms with Crippen LogP contribution < -0.4 is 4.90 Å². The van der Waals surface area contributed by atoms with Crippen molar-refractivity contribution < 1.29 is 9.59 Å². The van der Waals surface area contributed by atoms with Crippen LogP contribution in [0.1, 0.15) is 38.5 Å². The first-order valence-electron chi connectivity index (χ1n) is 9.84. The van der Waals surface area contributed by atoms with E-state index in [0.29, 0.717) is 23.7 Å². The number of carbonyl (C=O) groups excluding carboxylic acids is 2. The summed E-state index contributed by atoms with van der Waals surface area (Å²) in [6.45, 7) is 0.691. The number of likely N-dealkylation sites (N-methyl/N-ethyl adjacent to an activating group) is 2. The molecule has 1 saturated carbocycles. The highest BCUT2D eigenvalue weighted by molar-refractivity contribution is 6.33. The van der Waals surface area contributed by atoms with Crippen LogP contribution in [0.4, 0.5) is 5.69 Å². The highest BCUT2D eigenvalue weighted by Gasteiger charge is 2.41. The summed E-state index contributed by atoms with van der Waals surface area (Å²) in [5, 5.41) is 10.2. The first-order valence-corrected chi connectivity index (χ1v) is 10.2. The van der Waals surface area contributed by atoms with Crippen LogP contribution in [0.25, 0.3) is 0 Å². The molecule has 1 unspecified atom stereocenters. The van der Waals surface area contributed by atoms with Gasteiger partial charge in [-0.05, 0) is 38.4 Å². The summed E-state index contributed by atoms with van der Waals surface area (Å²) in [5.41, 5.74) is -0.00133. The molecule has 2 aliphatic rings. The Kier molecular flexibility index (Phi) is 6.26. The molecule has 1 atom stereocenters. The van der Waals surface area contributed by atoms with Gasteiger partial charge in [0.15, 0.2) is 0 Å². The zero-order valence-electron chi connectivity index (χ0n) is 16.5. The van der Waals surface area contributed by atoms with Crippen LogP contribution >= 0.6 is 11.6 Å². The molecule has 6 nitrogen and oxygen atoms in total. The number of benzene rings is 1. The van der Waals surface area contributed by atoms with Crippen molar-refractivity contribution in [2.24, 2.45) is 0 Å². The van der Waals surface area contributed by atoms with Crippen molar-refractivity contribution in [2.75, 3.05) is 32.1 Å². The van der Waals surface area contributed by atoms with E-state index in [0.717, 1.165) is 32.1 Å². The van der Waals surface area contributed by atoms with Gasteiger partial charge in [0.2, 0.25) is 11.8 Å². The minimum atomic E-state index is -0.709. The normalized spacial score (nSPS) is 21.6. The topological polar surface area (TPSA) is 67.7 Å². The van der Waals surface area contributed by atoms with Crippen LogP contribution in [0.3, 0.4) is 0 Å². The van der Waals surface area contributed by atoms with Gasteiger partial charge in [-0.1, -0.05) is 43.0 Å². The van der Waals surface area contributed by atoms with E-state index in [4.69, 9.17) is 11.6 Å². The Morgan fingerprint density at radius 3 is 2.61 bits per heavy atom. The minimum Gasteiger partial charge on any atom is -0.326 e. The molecule has 28 heavy (non-hydrogen) atoms. The van der Waals surface area contributed by atoms with Crippen molar-refractivity contribution >= 4 is 29.1 Å². The Hall–Kier alpha value is -2.10. The Balaban J connectivity index is 1.65. The molecule has 3 rings (SSSR count). The molecule has 2 fully saturated rings. The number of carbonyl (C=O) groups is 2. The molecule has 1 aliphatic carbocycles. The number of para-hydroxylation sites is 1. The summed E-state index contributed by atoms with van der Waals surface area (Å²) < 4.78 is 0. The van der Waals surface area contributed by atoms with Crippen molar-refractivity contribution in [3.8, 4) is 6.07 Å². The predicted molar refractivity (Wildman–Crippen MR) is 109 cm³/mol. The average molecular weight is 403 g/mol. The van der Waals surface area contributed by atoms with Crippen LogP contribution in [0.2, 0.25) is 5.02 Å². The molecule has 1 aromatic carbocycles. The van der Waals surface area contributed by atoms with E-state index in [9.17, 15) is 14.9 Å². The maximum atomic E-state index is 12.9. The zero-order chi connectivity index (χ0) is 20.3. The molecule has 0 spiro atoms. The summed E-state index contributed by atoms with van der Waals surface area (Å²) in [6, 6.07) is 9.31. The number of anilines is 1. The molecular weight excluding hydrogens is 376 g/mol. The number of hydrogen-bond donors (Lipinski definition) is 0. The van der Waals surface area contributed by atoms with Gasteiger partial charge in [-0.15, -0.1) is 0 Å². The van der Waals surface area contributed by atoms with E-state index >= 15 is 0 Å². The fourth-order valence-corrected chi connectivity index (χ4v) is 4.55. The third kappa shape index (κ3) is 3.87. The quantitative estimate of drug-likeness (QED) is 0.759. The summed E-state index contributed by atoms with van der Waals surface area (Å²) in [7, 11) is 3.52. The highest BCUT2D eigenvalue weighted by atomic mass is 35.5. The van der Waals surface area contributed by atoms with Crippen molar-refractivity contribution in [1.82, 2.24) is 9.80 Å². The fraction of sp³-hybridized carbons (Fsp3) is 0.571. The molecule has 7 heteroatoms. The minimum absolute atomic E-state index is 0.0429. The number of nitrogens with zero attached hydrogens (tertiary/aromatic N) is 4. The predicted octanol–water partition coefficient (Wildman–Crippen LogP) is 3.06. The largest absolute Gasteiger partial charge is 0.326 e. The van der Waals surface area contributed by atoms with E-state index in [2.05, 4.69) is 6.07 Å². The summed E-state index contributed by atoms with van der Waals surface area (Å²) in [4.78, 5) is 30.9. The smallest absolute Gasteiger partial charge is 0.244 e. The average Bonchev–Trinajstić information content (AvgIpc) is 3.09. The van der Waals surface area contributed by atoms with Gasteiger partial charge < -0.3 is 9.80 Å². The van der Waals surface area contributed by atoms with E-state index < -0.39 is 5.54 Å². The van der Waals surface area contributed by atoms with Crippen LogP contribution in [0.15, 0.2) is 24.3 Å². The second-order valence-corrected chi connectivity index (χ2v) is 8.22. The fourth-order valence-electron chi connectivity index (χ4n) is 4.31. The molecule has 0 N–H and O–H groups in total. The first kappa shape index (κ1) is 20.6. The lowest BCUT2D eigenvalue weighted by atomic mass is 9.81. The van der Waals surface area contributed by atoms with Gasteiger partial charge in [0, 0.05) is 13.6 Å². The van der Waals surface area contributed by atoms with Gasteiger partial charge in [0.05, 0.1) is 29.4 Å². The SMILES string of the molecule is CN(CC(=O)N(C)C1(C#N)CCCCC1)C1CCN(c2ccccc2Cl)C1=O. The van der Waals surface area contributed by atoms with Gasteiger partial charge in [-0.2, -0.15) is 5.26 Å². The van der Waals surface area contributed by atoms with Crippen molar-refractivity contribution in [3.05, 3.63) is 29.3 Å². The Bertz CT molecular complexity index is 785. The summed E-state index contributed by atoms with van der Waals surface area (Å²) in [5.74, 6) is -0.159. The van der Waals surface area contributed by atoms with Gasteiger partial charge in [0.25, 0.3) is 0 Å². The Morgan fingerprint density at radius 2 is 1.96 bits per heavy atom. The van der Waals surface area contributed by atoms with Crippen LogP contribution in [0, 0.1) is 11.3 Å². The summed E-state index contributed by atoms with van der Waals surface area (Å²) >= 11 is 6.24. The Labute approximate surface area is 171 Å². The molecule has 1 heterocycles. The maximum Gasteiger partial charge on any atom is 0.244 e. The van der Waals surface area contributed by atoms with Crippen molar-refractivity contribution in [1.29, 1.82) is 5.26 Å². The van der Waals surface area contributed by atoms with E-state index in [-0.39, 0.29) is 24.4 Å². The van der Waals surface area contributed by atoms with Crippen molar-refractivity contribution in [2.45, 2.75) is 50.1 Å². The lowest BCUT2D eigenvalue weighted by molar-refractivity contribution is -0.136. The van der Waals surface area contributed by atoms with E-state index in [1.165, 1.54) is 0 Å². The molecule has 1 aromatic rings. The Morgan fingerprint density at radius 1 is 1.29 bits per heavy atom. The number of nitriles is 1. The van der Waals surface area contributed by atoms with Gasteiger partial charge in [-0.25, -0.2) is 0 Å². The van der Waals surface area contributed by atoms with Crippen LogP contribution in [-0.2, 0) is 9.59 Å². The molecule has 0 aromatic heterocycles. The van der Waals surface area contributed by atoms with E-state index in [1.54, 1.807) is 34.9 Å². The molecule has 2 amide bonds. The third-order valence-corrected chi connectivity index (χ3v) is 6.46. The van der Waals surface area contributed by atoms with Crippen LogP contribution in [0.5, 0.6) is 0 Å². The molecule has 0 radical (unpaired) electrons. The van der Waals surface area contributed by atoms with Gasteiger partial charge in [0.1, 0.15) is 5.54 Å². The number of hydrogen-bond acceptors (Lipinski definition) is 4.